The average Bonchev–Trinajstić information content (AvgIpc) is 3.67. The third-order valence-corrected chi connectivity index (χ3v) is 10.5. The average molecular weight is 642 g/mol. The number of rotatable bonds is 8. The van der Waals surface area contributed by atoms with Gasteiger partial charge in [-0.2, -0.15) is 13.4 Å². The van der Waals surface area contributed by atoms with E-state index in [4.69, 9.17) is 27.4 Å². The van der Waals surface area contributed by atoms with Crippen LogP contribution in [0.2, 0.25) is 10.0 Å². The summed E-state index contributed by atoms with van der Waals surface area (Å²) in [4.78, 5) is 54.4. The summed E-state index contributed by atoms with van der Waals surface area (Å²) in [6.45, 7) is 1.21. The molecule has 0 N–H and O–H groups in total. The Kier molecular flexibility index (Phi) is 7.56. The van der Waals surface area contributed by atoms with Gasteiger partial charge in [-0.15, -0.1) is 0 Å². The molecule has 2 aliphatic carbocycles. The molecular weight excluding hydrogens is 615 g/mol. The van der Waals surface area contributed by atoms with Gasteiger partial charge in [-0.25, -0.2) is 5.01 Å². The summed E-state index contributed by atoms with van der Waals surface area (Å²) in [5.74, 6) is -3.16. The molecule has 0 radical (unpaired) electrons. The number of aryl methyl sites for hydroxylation is 1. The highest BCUT2D eigenvalue weighted by Gasteiger charge is 2.62. The number of amides is 3. The van der Waals surface area contributed by atoms with Crippen LogP contribution in [-0.2, 0) is 19.7 Å². The van der Waals surface area contributed by atoms with Gasteiger partial charge >= 0.3 is 10.1 Å². The van der Waals surface area contributed by atoms with Crippen molar-refractivity contribution in [2.75, 3.05) is 6.54 Å². The van der Waals surface area contributed by atoms with Crippen molar-refractivity contribution >= 4 is 56.8 Å². The quantitative estimate of drug-likeness (QED) is 0.185. The maximum atomic E-state index is 13.8. The lowest BCUT2D eigenvalue weighted by Gasteiger charge is -2.31. The first-order valence-electron chi connectivity index (χ1n) is 13.7. The highest BCUT2D eigenvalue weighted by atomic mass is 35.5. The summed E-state index contributed by atoms with van der Waals surface area (Å²) in [5, 5.41) is 2.04. The Bertz CT molecular complexity index is 1730. The van der Waals surface area contributed by atoms with Gasteiger partial charge in [-0.05, 0) is 92.6 Å². The van der Waals surface area contributed by atoms with Gasteiger partial charge in [0, 0.05) is 11.1 Å². The van der Waals surface area contributed by atoms with Crippen LogP contribution in [0.3, 0.4) is 0 Å². The number of halogens is 2. The summed E-state index contributed by atoms with van der Waals surface area (Å²) >= 11 is 12.2. The van der Waals surface area contributed by atoms with E-state index < -0.39 is 52.0 Å². The lowest BCUT2D eigenvalue weighted by atomic mass is 9.81. The first-order chi connectivity index (χ1) is 20.4. The topological polar surface area (TPSA) is 118 Å². The predicted molar refractivity (Wildman–Crippen MR) is 157 cm³/mol. The lowest BCUT2D eigenvalue weighted by molar-refractivity contribution is -0.155. The number of fused-ring (bicyclic) bond motifs is 5. The summed E-state index contributed by atoms with van der Waals surface area (Å²) in [6, 6.07) is 15.7. The molecule has 0 aromatic heterocycles. The van der Waals surface area contributed by atoms with Gasteiger partial charge in [0.15, 0.2) is 5.78 Å². The van der Waals surface area contributed by atoms with Crippen molar-refractivity contribution in [3.63, 3.8) is 0 Å². The van der Waals surface area contributed by atoms with E-state index in [9.17, 15) is 27.6 Å². The van der Waals surface area contributed by atoms with Gasteiger partial charge in [0.25, 0.3) is 17.7 Å². The summed E-state index contributed by atoms with van der Waals surface area (Å²) in [6.07, 6.45) is 2.52. The number of imide groups is 1. The van der Waals surface area contributed by atoms with Gasteiger partial charge in [0.2, 0.25) is 0 Å². The Morgan fingerprint density at radius 3 is 2.02 bits per heavy atom. The van der Waals surface area contributed by atoms with Crippen LogP contribution in [0.4, 0.5) is 0 Å². The Morgan fingerprint density at radius 2 is 1.44 bits per heavy atom. The number of nitrogens with zero attached hydrogens (tertiary/aromatic N) is 2. The first-order valence-corrected chi connectivity index (χ1v) is 15.9. The molecule has 3 aromatic carbocycles. The van der Waals surface area contributed by atoms with Gasteiger partial charge in [0.05, 0.1) is 21.9 Å². The van der Waals surface area contributed by atoms with Crippen LogP contribution in [0.15, 0.2) is 71.6 Å². The second-order valence-corrected chi connectivity index (χ2v) is 13.5. The SMILES string of the molecule is Cc1ccc(S(=O)(=O)Oc2ccc(C(=O)CN(C(=O)c3ccc(Cl)c(Cl)c3)N3C(=O)[C@@H]4[C@H]5CC[C@@H](C5)[C@H]4C3=O)cc2)cc1. The smallest absolute Gasteiger partial charge is 0.339 e. The van der Waals surface area contributed by atoms with E-state index in [1.807, 2.05) is 6.92 Å². The van der Waals surface area contributed by atoms with Crippen molar-refractivity contribution in [2.45, 2.75) is 31.1 Å². The third kappa shape index (κ3) is 5.32. The first kappa shape index (κ1) is 29.3. The molecule has 1 aliphatic heterocycles. The summed E-state index contributed by atoms with van der Waals surface area (Å²) < 4.78 is 30.5. The number of ketones is 1. The number of carbonyl (C=O) groups is 4. The molecule has 3 aliphatic rings. The minimum atomic E-state index is -4.11. The zero-order valence-electron chi connectivity index (χ0n) is 22.9. The van der Waals surface area contributed by atoms with Crippen LogP contribution < -0.4 is 4.18 Å². The molecule has 6 rings (SSSR count). The van der Waals surface area contributed by atoms with Crippen LogP contribution in [-0.4, -0.2) is 48.5 Å². The molecule has 3 amide bonds. The van der Waals surface area contributed by atoms with E-state index >= 15 is 0 Å². The maximum Gasteiger partial charge on any atom is 0.339 e. The van der Waals surface area contributed by atoms with Crippen molar-refractivity contribution in [3.8, 4) is 5.75 Å². The largest absolute Gasteiger partial charge is 0.379 e. The van der Waals surface area contributed by atoms with Crippen LogP contribution in [0.1, 0.15) is 45.5 Å². The van der Waals surface area contributed by atoms with Crippen LogP contribution >= 0.6 is 23.2 Å². The van der Waals surface area contributed by atoms with E-state index in [0.29, 0.717) is 0 Å². The second-order valence-electron chi connectivity index (χ2n) is 11.2. The number of hydrazine groups is 1. The molecule has 222 valence electrons. The normalized spacial score (nSPS) is 22.5. The van der Waals surface area contributed by atoms with Crippen molar-refractivity contribution in [3.05, 3.63) is 93.5 Å². The fraction of sp³-hybridized carbons (Fsp3) is 0.290. The molecule has 1 heterocycles. The zero-order valence-corrected chi connectivity index (χ0v) is 25.2. The van der Waals surface area contributed by atoms with E-state index in [0.717, 1.165) is 34.8 Å². The Hall–Kier alpha value is -3.73. The molecule has 12 heteroatoms. The minimum absolute atomic E-state index is 0.0194. The van der Waals surface area contributed by atoms with Crippen LogP contribution in [0.25, 0.3) is 0 Å². The molecule has 3 fully saturated rings. The van der Waals surface area contributed by atoms with Crippen LogP contribution in [0.5, 0.6) is 5.75 Å². The van der Waals surface area contributed by atoms with Crippen molar-refractivity contribution in [1.82, 2.24) is 10.0 Å². The molecule has 4 atom stereocenters. The van der Waals surface area contributed by atoms with Gasteiger partial charge < -0.3 is 4.18 Å². The van der Waals surface area contributed by atoms with E-state index in [1.54, 1.807) is 12.1 Å². The highest BCUT2D eigenvalue weighted by molar-refractivity contribution is 7.87. The molecule has 2 bridgehead atoms. The van der Waals surface area contributed by atoms with E-state index in [2.05, 4.69) is 0 Å². The second kappa shape index (κ2) is 11.1. The molecule has 0 unspecified atom stereocenters. The molecule has 2 saturated carbocycles. The molecule has 0 spiro atoms. The molecule has 9 nitrogen and oxygen atoms in total. The molecule has 43 heavy (non-hydrogen) atoms. The number of Topliss-reactive ketones (excluding diaryl/α,β-unsaturated/α-hetero) is 1. The summed E-state index contributed by atoms with van der Waals surface area (Å²) in [7, 11) is -4.11. The molecule has 1 saturated heterocycles. The number of carbonyl (C=O) groups excluding carboxylic acids is 4. The third-order valence-electron chi connectivity index (χ3n) is 8.53. The Labute approximate surface area is 258 Å². The standard InChI is InChI=1S/C31H26Cl2N2O7S/c1-17-2-11-23(12-3-17)43(40,41)42-22-9-6-18(7-10-22)26(36)16-34(29(37)21-8-13-24(32)25(33)15-21)35-30(38)27-19-4-5-20(14-19)28(27)31(35)39/h2-3,6-13,15,19-20,27-28H,4-5,14,16H2,1H3/t19-,20-,27+,28+/m0/s1. The van der Waals surface area contributed by atoms with Crippen molar-refractivity contribution in [2.24, 2.45) is 23.7 Å². The monoisotopic (exact) mass is 640 g/mol. The Morgan fingerprint density at radius 1 is 0.860 bits per heavy atom. The number of benzene rings is 3. The zero-order chi connectivity index (χ0) is 30.6. The van der Waals surface area contributed by atoms with Gasteiger partial charge in [-0.1, -0.05) is 40.9 Å². The minimum Gasteiger partial charge on any atom is -0.379 e. The number of hydrogen-bond donors (Lipinski definition) is 0. The van der Waals surface area contributed by atoms with E-state index in [1.165, 1.54) is 54.6 Å². The lowest BCUT2D eigenvalue weighted by Crippen LogP contribution is -2.52. The van der Waals surface area contributed by atoms with Gasteiger partial charge in [0.1, 0.15) is 17.2 Å². The predicted octanol–water partition coefficient (Wildman–Crippen LogP) is 5.34. The molecular formula is C31H26Cl2N2O7S. The molecule has 3 aromatic rings. The number of hydrogen-bond acceptors (Lipinski definition) is 7. The maximum absolute atomic E-state index is 13.8. The van der Waals surface area contributed by atoms with E-state index in [-0.39, 0.29) is 43.7 Å². The highest BCUT2D eigenvalue weighted by Crippen LogP contribution is 2.56. The van der Waals surface area contributed by atoms with Crippen molar-refractivity contribution in [1.29, 1.82) is 0 Å². The fourth-order valence-corrected chi connectivity index (χ4v) is 7.67. The van der Waals surface area contributed by atoms with Gasteiger partial charge in [-0.3, -0.25) is 19.2 Å². The van der Waals surface area contributed by atoms with Crippen LogP contribution in [0, 0.1) is 30.6 Å². The van der Waals surface area contributed by atoms with Crippen molar-refractivity contribution < 1.29 is 31.8 Å². The fourth-order valence-electron chi connectivity index (χ4n) is 6.45. The Balaban J connectivity index is 1.26. The summed E-state index contributed by atoms with van der Waals surface area (Å²) in [5.41, 5.74) is 1.06.